The van der Waals surface area contributed by atoms with Gasteiger partial charge in [0, 0.05) is 5.82 Å². The molecule has 0 saturated carbocycles. The minimum absolute atomic E-state index is 0.132. The van der Waals surface area contributed by atoms with E-state index in [1.807, 2.05) is 0 Å². The molecule has 0 aliphatic carbocycles. The molecule has 90 valence electrons. The minimum Gasteiger partial charge on any atom is -0.324 e. The standard InChI is InChI=1S/C3H9O9P3/c4-13(5,6)1-3(15(10,11)12)2-14(7,8)9/h1H,2H2,(H2,4,5,6)(H2,7,8,9)(H2,10,11,12). The van der Waals surface area contributed by atoms with E-state index in [0.29, 0.717) is 0 Å². The van der Waals surface area contributed by atoms with Gasteiger partial charge in [0.05, 0.1) is 11.5 Å². The predicted octanol–water partition coefficient (Wildman–Crippen LogP) is -0.639. The van der Waals surface area contributed by atoms with Crippen LogP contribution in [-0.2, 0) is 13.7 Å². The lowest BCUT2D eigenvalue weighted by Gasteiger charge is -2.10. The number of hydrogen-bond acceptors (Lipinski definition) is 3. The second-order valence-corrected chi connectivity index (χ2v) is 7.32. The molecule has 12 heteroatoms. The van der Waals surface area contributed by atoms with E-state index in [1.165, 1.54) is 0 Å². The van der Waals surface area contributed by atoms with Crippen molar-refractivity contribution in [3.05, 3.63) is 11.1 Å². The Morgan fingerprint density at radius 3 is 1.53 bits per heavy atom. The highest BCUT2D eigenvalue weighted by molar-refractivity contribution is 7.62. The summed E-state index contributed by atoms with van der Waals surface area (Å²) in [6, 6.07) is 0. The van der Waals surface area contributed by atoms with Crippen LogP contribution in [0.15, 0.2) is 11.1 Å². The molecule has 0 aliphatic rings. The Labute approximate surface area is 83.9 Å². The molecule has 0 atom stereocenters. The predicted molar refractivity (Wildman–Crippen MR) is 49.1 cm³/mol. The third kappa shape index (κ3) is 8.04. The maximum absolute atomic E-state index is 10.6. The van der Waals surface area contributed by atoms with Gasteiger partial charge in [-0.2, -0.15) is 0 Å². The van der Waals surface area contributed by atoms with Gasteiger partial charge in [0.25, 0.3) is 0 Å². The molecule has 0 aliphatic heterocycles. The average Bonchev–Trinajstić information content (AvgIpc) is 1.75. The summed E-state index contributed by atoms with van der Waals surface area (Å²) in [5.74, 6) is -0.132. The van der Waals surface area contributed by atoms with E-state index in [1.54, 1.807) is 0 Å². The van der Waals surface area contributed by atoms with Crippen LogP contribution in [0, 0.1) is 0 Å². The molecule has 0 radical (unpaired) electrons. The summed E-state index contributed by atoms with van der Waals surface area (Å²) in [6.45, 7) is 0. The first-order chi connectivity index (χ1) is 6.31. The number of hydrogen-bond donors (Lipinski definition) is 6. The summed E-state index contributed by atoms with van der Waals surface area (Å²) in [6.07, 6.45) is -1.40. The lowest BCUT2D eigenvalue weighted by atomic mass is 10.7. The van der Waals surface area contributed by atoms with Crippen LogP contribution in [0.1, 0.15) is 0 Å². The monoisotopic (exact) mass is 282 g/mol. The fraction of sp³-hybridized carbons (Fsp3) is 0.333. The molecule has 0 heterocycles. The SMILES string of the molecule is O=P(O)(O)C=C(CP(=O)(O)O)P(=O)(O)O. The minimum atomic E-state index is -5.09. The molecule has 0 bridgehead atoms. The molecule has 0 saturated heterocycles. The molecule has 0 unspecified atom stereocenters. The Morgan fingerprint density at radius 1 is 0.933 bits per heavy atom. The molecule has 0 fully saturated rings. The summed E-state index contributed by atoms with van der Waals surface area (Å²) in [5.41, 5.74) is 0. The van der Waals surface area contributed by atoms with E-state index in [0.717, 1.165) is 0 Å². The highest BCUT2D eigenvalue weighted by Gasteiger charge is 2.30. The molecule has 0 amide bonds. The van der Waals surface area contributed by atoms with Gasteiger partial charge in [-0.05, 0) is 0 Å². The molecule has 15 heavy (non-hydrogen) atoms. The zero-order valence-corrected chi connectivity index (χ0v) is 9.72. The van der Waals surface area contributed by atoms with Crippen molar-refractivity contribution in [1.29, 1.82) is 0 Å². The van der Waals surface area contributed by atoms with Crippen LogP contribution in [0.25, 0.3) is 0 Å². The molecular weight excluding hydrogens is 273 g/mol. The second kappa shape index (κ2) is 4.59. The van der Waals surface area contributed by atoms with Gasteiger partial charge >= 0.3 is 22.8 Å². The summed E-state index contributed by atoms with van der Waals surface area (Å²) >= 11 is 0. The Bertz CT molecular complexity index is 391. The smallest absolute Gasteiger partial charge is 0.324 e. The Morgan fingerprint density at radius 2 is 1.33 bits per heavy atom. The molecule has 0 aromatic heterocycles. The van der Waals surface area contributed by atoms with E-state index in [4.69, 9.17) is 29.4 Å². The first kappa shape index (κ1) is 15.2. The van der Waals surface area contributed by atoms with Crippen molar-refractivity contribution in [2.45, 2.75) is 0 Å². The first-order valence-corrected chi connectivity index (χ1v) is 8.28. The summed E-state index contributed by atoms with van der Waals surface area (Å²) in [5, 5.41) is -1.27. The van der Waals surface area contributed by atoms with E-state index < -0.39 is 34.3 Å². The normalized spacial score (nSPS) is 15.5. The van der Waals surface area contributed by atoms with Gasteiger partial charge in [0.2, 0.25) is 0 Å². The Hall–Kier alpha value is 0.190. The largest absolute Gasteiger partial charge is 0.353 e. The molecular formula is C3H9O9P3. The van der Waals surface area contributed by atoms with Gasteiger partial charge in [-0.1, -0.05) is 0 Å². The van der Waals surface area contributed by atoms with E-state index in [-0.39, 0.29) is 5.82 Å². The second-order valence-electron chi connectivity index (χ2n) is 2.58. The Kier molecular flexibility index (Phi) is 4.65. The first-order valence-electron chi connectivity index (χ1n) is 3.19. The van der Waals surface area contributed by atoms with E-state index >= 15 is 0 Å². The van der Waals surface area contributed by atoms with Crippen LogP contribution < -0.4 is 0 Å². The average molecular weight is 282 g/mol. The zero-order chi connectivity index (χ0) is 12.5. The van der Waals surface area contributed by atoms with Crippen LogP contribution >= 0.6 is 22.8 Å². The van der Waals surface area contributed by atoms with Crippen molar-refractivity contribution in [1.82, 2.24) is 0 Å². The van der Waals surface area contributed by atoms with Crippen LogP contribution in [-0.4, -0.2) is 35.5 Å². The van der Waals surface area contributed by atoms with Crippen molar-refractivity contribution in [3.8, 4) is 0 Å². The fourth-order valence-electron chi connectivity index (χ4n) is 0.613. The zero-order valence-electron chi connectivity index (χ0n) is 7.03. The molecule has 0 rings (SSSR count). The maximum Gasteiger partial charge on any atom is 0.353 e. The Balaban J connectivity index is 5.30. The van der Waals surface area contributed by atoms with Crippen LogP contribution in [0.4, 0.5) is 0 Å². The quantitative estimate of drug-likeness (QED) is 0.366. The third-order valence-electron chi connectivity index (χ3n) is 1.06. The summed E-state index contributed by atoms with van der Waals surface area (Å²) in [7, 11) is -14.8. The van der Waals surface area contributed by atoms with Crippen molar-refractivity contribution in [3.63, 3.8) is 0 Å². The third-order valence-corrected chi connectivity index (χ3v) is 3.95. The van der Waals surface area contributed by atoms with Gasteiger partial charge in [-0.15, -0.1) is 0 Å². The topological polar surface area (TPSA) is 173 Å². The van der Waals surface area contributed by atoms with Crippen LogP contribution in [0.2, 0.25) is 0 Å². The van der Waals surface area contributed by atoms with Crippen molar-refractivity contribution in [2.24, 2.45) is 0 Å². The van der Waals surface area contributed by atoms with Crippen molar-refractivity contribution in [2.75, 3.05) is 6.16 Å². The van der Waals surface area contributed by atoms with Crippen LogP contribution in [0.3, 0.4) is 0 Å². The lowest BCUT2D eigenvalue weighted by molar-refractivity contribution is 0.366. The van der Waals surface area contributed by atoms with Crippen molar-refractivity contribution < 1.29 is 43.1 Å². The molecule has 0 spiro atoms. The summed E-state index contributed by atoms with van der Waals surface area (Å²) in [4.78, 5) is 50.7. The molecule has 0 aromatic rings. The van der Waals surface area contributed by atoms with Gasteiger partial charge in [0.15, 0.2) is 0 Å². The fourth-order valence-corrected chi connectivity index (χ4v) is 4.09. The highest BCUT2D eigenvalue weighted by Crippen LogP contribution is 2.55. The van der Waals surface area contributed by atoms with Gasteiger partial charge in [-0.3, -0.25) is 13.7 Å². The van der Waals surface area contributed by atoms with E-state index in [9.17, 15) is 13.7 Å². The lowest BCUT2D eigenvalue weighted by Crippen LogP contribution is -1.95. The summed E-state index contributed by atoms with van der Waals surface area (Å²) < 4.78 is 31.5. The van der Waals surface area contributed by atoms with Gasteiger partial charge in [0.1, 0.15) is 0 Å². The molecule has 0 aromatic carbocycles. The van der Waals surface area contributed by atoms with Gasteiger partial charge in [-0.25, -0.2) is 0 Å². The highest BCUT2D eigenvalue weighted by atomic mass is 31.2. The van der Waals surface area contributed by atoms with Crippen LogP contribution in [0.5, 0.6) is 0 Å². The molecule has 6 N–H and O–H groups in total. The number of rotatable bonds is 4. The van der Waals surface area contributed by atoms with Gasteiger partial charge < -0.3 is 29.4 Å². The molecule has 9 nitrogen and oxygen atoms in total. The van der Waals surface area contributed by atoms with Crippen molar-refractivity contribution >= 4 is 22.8 Å². The van der Waals surface area contributed by atoms with E-state index in [2.05, 4.69) is 0 Å². The number of allylic oxidation sites excluding steroid dienone is 1. The maximum atomic E-state index is 10.6.